The van der Waals surface area contributed by atoms with Gasteiger partial charge in [0.1, 0.15) is 24.1 Å². The van der Waals surface area contributed by atoms with E-state index < -0.39 is 34.8 Å². The van der Waals surface area contributed by atoms with Crippen molar-refractivity contribution >= 4 is 17.4 Å². The Labute approximate surface area is 159 Å². The van der Waals surface area contributed by atoms with E-state index >= 15 is 0 Å². The number of hydrogen-bond acceptors (Lipinski definition) is 8. The largest absolute Gasteiger partial charge is 0.477 e. The van der Waals surface area contributed by atoms with Crippen molar-refractivity contribution in [3.63, 3.8) is 0 Å². The lowest BCUT2D eigenvalue weighted by Gasteiger charge is -2.34. The van der Waals surface area contributed by atoms with Crippen LogP contribution < -0.4 is 4.74 Å². The second kappa shape index (κ2) is 8.24. The molecule has 27 heavy (non-hydrogen) atoms. The molecule has 2 aromatic rings. The third-order valence-corrected chi connectivity index (χ3v) is 5.56. The second-order valence-electron chi connectivity index (χ2n) is 6.19. The van der Waals surface area contributed by atoms with E-state index in [4.69, 9.17) is 4.74 Å². The Morgan fingerprint density at radius 2 is 1.56 bits per heavy atom. The van der Waals surface area contributed by atoms with Crippen LogP contribution in [0.25, 0.3) is 0 Å². The van der Waals surface area contributed by atoms with Gasteiger partial charge in [-0.25, -0.2) is 0 Å². The van der Waals surface area contributed by atoms with Crippen LogP contribution >= 0.6 is 11.8 Å². The molecule has 2 aromatic carbocycles. The third kappa shape index (κ3) is 4.40. The maximum absolute atomic E-state index is 10.7. The molecule has 8 nitrogen and oxygen atoms in total. The molecular formula is C18H19NO7S. The quantitative estimate of drug-likeness (QED) is 0.440. The van der Waals surface area contributed by atoms with E-state index in [0.717, 1.165) is 0 Å². The molecule has 1 aliphatic heterocycles. The van der Waals surface area contributed by atoms with E-state index in [9.17, 15) is 30.5 Å². The van der Waals surface area contributed by atoms with Gasteiger partial charge < -0.3 is 25.2 Å². The summed E-state index contributed by atoms with van der Waals surface area (Å²) in [5.74, 6) is 0.689. The molecule has 0 radical (unpaired) electrons. The molecule has 0 bridgehead atoms. The minimum Gasteiger partial charge on any atom is -0.477 e. The summed E-state index contributed by atoms with van der Waals surface area (Å²) >= 11 is 1.20. The third-order valence-electron chi connectivity index (χ3n) is 4.32. The molecule has 1 heterocycles. The fraction of sp³-hybridized carbons (Fsp3) is 0.333. The summed E-state index contributed by atoms with van der Waals surface area (Å²) in [6.07, 6.45) is -4.43. The topological polar surface area (TPSA) is 133 Å². The molecule has 3 rings (SSSR count). The van der Waals surface area contributed by atoms with Gasteiger partial charge in [0, 0.05) is 17.9 Å². The van der Waals surface area contributed by atoms with Crippen molar-refractivity contribution in [1.29, 1.82) is 0 Å². The van der Waals surface area contributed by atoms with Crippen LogP contribution in [0.4, 0.5) is 5.69 Å². The number of nitro groups is 1. The van der Waals surface area contributed by atoms with Gasteiger partial charge in [-0.05, 0) is 35.4 Å². The molecule has 144 valence electrons. The van der Waals surface area contributed by atoms with E-state index in [-0.39, 0.29) is 11.4 Å². The van der Waals surface area contributed by atoms with Crippen molar-refractivity contribution in [2.75, 3.05) is 5.75 Å². The first-order valence-corrected chi connectivity index (χ1v) is 9.26. The van der Waals surface area contributed by atoms with Crippen molar-refractivity contribution < 1.29 is 30.1 Å². The molecule has 0 spiro atoms. The first kappa shape index (κ1) is 19.6. The number of thioether (sulfide) groups is 1. The number of nitrogens with zero attached hydrogens (tertiary/aromatic N) is 1. The first-order chi connectivity index (χ1) is 12.9. The van der Waals surface area contributed by atoms with E-state index in [1.807, 2.05) is 0 Å². The van der Waals surface area contributed by atoms with Gasteiger partial charge in [0.15, 0.2) is 5.44 Å². The second-order valence-corrected chi connectivity index (χ2v) is 7.32. The number of ether oxygens (including phenoxy) is 1. The fourth-order valence-corrected chi connectivity index (χ4v) is 3.84. The molecule has 1 unspecified atom stereocenters. The van der Waals surface area contributed by atoms with Gasteiger partial charge >= 0.3 is 0 Å². The van der Waals surface area contributed by atoms with Crippen molar-refractivity contribution in [2.45, 2.75) is 29.9 Å². The average molecular weight is 393 g/mol. The fourth-order valence-electron chi connectivity index (χ4n) is 2.72. The maximum Gasteiger partial charge on any atom is 0.269 e. The van der Waals surface area contributed by atoms with Crippen LogP contribution in [0, 0.1) is 10.1 Å². The molecular weight excluding hydrogens is 374 g/mol. The Morgan fingerprint density at radius 3 is 2.11 bits per heavy atom. The molecule has 0 aromatic heterocycles. The number of rotatable bonds is 5. The number of hydrogen-bond donors (Lipinski definition) is 4. The Morgan fingerprint density at radius 1 is 1.00 bits per heavy atom. The summed E-state index contributed by atoms with van der Waals surface area (Å²) in [7, 11) is 0. The predicted octanol–water partition coefficient (Wildman–Crippen LogP) is 1.21. The van der Waals surface area contributed by atoms with Gasteiger partial charge in [-0.15, -0.1) is 11.8 Å². The molecule has 1 fully saturated rings. The van der Waals surface area contributed by atoms with E-state index in [1.54, 1.807) is 24.3 Å². The molecule has 1 aliphatic rings. The Kier molecular flexibility index (Phi) is 5.98. The molecule has 0 aliphatic carbocycles. The zero-order valence-corrected chi connectivity index (χ0v) is 14.9. The molecule has 0 amide bonds. The summed E-state index contributed by atoms with van der Waals surface area (Å²) in [6.45, 7) is 0. The van der Waals surface area contributed by atoms with Gasteiger partial charge in [-0.3, -0.25) is 10.1 Å². The van der Waals surface area contributed by atoms with Crippen LogP contribution in [0.15, 0.2) is 48.5 Å². The number of non-ortho nitro benzene ring substituents is 1. The smallest absolute Gasteiger partial charge is 0.269 e. The van der Waals surface area contributed by atoms with E-state index in [0.29, 0.717) is 16.9 Å². The minimum atomic E-state index is -1.26. The first-order valence-electron chi connectivity index (χ1n) is 8.21. The van der Waals surface area contributed by atoms with Crippen LogP contribution in [0.3, 0.4) is 0 Å². The van der Waals surface area contributed by atoms with Crippen LogP contribution in [0.1, 0.15) is 17.2 Å². The number of aliphatic hydroxyl groups excluding tert-OH is 4. The zero-order valence-electron chi connectivity index (χ0n) is 14.1. The monoisotopic (exact) mass is 393 g/mol. The highest BCUT2D eigenvalue weighted by Gasteiger charge is 2.38. The molecule has 0 saturated carbocycles. The zero-order chi connectivity index (χ0) is 19.6. The lowest BCUT2D eigenvalue weighted by atomic mass is 10.0. The molecule has 1 saturated heterocycles. The van der Waals surface area contributed by atoms with Gasteiger partial charge in [-0.1, -0.05) is 12.1 Å². The lowest BCUT2D eigenvalue weighted by Crippen LogP contribution is -2.50. The number of nitro benzene ring substituents is 1. The van der Waals surface area contributed by atoms with E-state index in [1.165, 1.54) is 36.0 Å². The van der Waals surface area contributed by atoms with Crippen LogP contribution in [0.5, 0.6) is 5.75 Å². The van der Waals surface area contributed by atoms with Crippen LogP contribution in [-0.2, 0) is 0 Å². The highest BCUT2D eigenvalue weighted by atomic mass is 32.2. The summed E-state index contributed by atoms with van der Waals surface area (Å²) < 4.78 is 5.65. The number of benzene rings is 2. The Balaban J connectivity index is 1.67. The Bertz CT molecular complexity index is 783. The summed E-state index contributed by atoms with van der Waals surface area (Å²) in [4.78, 5) is 10.2. The minimum absolute atomic E-state index is 0.0504. The molecule has 9 heteroatoms. The maximum atomic E-state index is 10.7. The summed E-state index contributed by atoms with van der Waals surface area (Å²) in [5.41, 5.74) is 0.326. The van der Waals surface area contributed by atoms with Crippen molar-refractivity contribution in [2.24, 2.45) is 0 Å². The predicted molar refractivity (Wildman–Crippen MR) is 98.5 cm³/mol. The standard InChI is InChI=1S/C18H19NO7S/c20-14-9-27-18(17(23)16(14)22)26-13-7-3-11(4-8-13)15(21)10-1-5-12(6-2-10)19(24)25/h1-8,14-18,20-23H,9H2/t14-,15?,16+,17-,18+/m1/s1. The van der Waals surface area contributed by atoms with Gasteiger partial charge in [-0.2, -0.15) is 0 Å². The highest BCUT2D eigenvalue weighted by molar-refractivity contribution is 7.99. The SMILES string of the molecule is O=[N+]([O-])c1ccc(C(O)c2ccc(O[C@H]3SC[C@@H](O)[C@H](O)[C@H]3O)cc2)cc1. The van der Waals surface area contributed by atoms with Gasteiger partial charge in [0.05, 0.1) is 11.0 Å². The van der Waals surface area contributed by atoms with Crippen LogP contribution in [-0.4, -0.2) is 54.9 Å². The molecule has 5 atom stereocenters. The summed E-state index contributed by atoms with van der Waals surface area (Å²) in [5, 5.41) is 50.4. The summed E-state index contributed by atoms with van der Waals surface area (Å²) in [6, 6.07) is 12.2. The van der Waals surface area contributed by atoms with Gasteiger partial charge in [0.25, 0.3) is 5.69 Å². The highest BCUT2D eigenvalue weighted by Crippen LogP contribution is 2.30. The average Bonchev–Trinajstić information content (AvgIpc) is 2.68. The van der Waals surface area contributed by atoms with Gasteiger partial charge in [0.2, 0.25) is 0 Å². The number of aliphatic hydroxyl groups is 4. The normalized spacial score (nSPS) is 26.4. The van der Waals surface area contributed by atoms with Crippen molar-refractivity contribution in [3.8, 4) is 5.75 Å². The van der Waals surface area contributed by atoms with Crippen LogP contribution in [0.2, 0.25) is 0 Å². The molecule has 4 N–H and O–H groups in total. The lowest BCUT2D eigenvalue weighted by molar-refractivity contribution is -0.384. The van der Waals surface area contributed by atoms with Crippen molar-refractivity contribution in [1.82, 2.24) is 0 Å². The van der Waals surface area contributed by atoms with E-state index in [2.05, 4.69) is 0 Å². The Hall–Kier alpha value is -2.17. The van der Waals surface area contributed by atoms with Crippen molar-refractivity contribution in [3.05, 3.63) is 69.8 Å².